The van der Waals surface area contributed by atoms with Gasteiger partial charge in [0.25, 0.3) is 5.88 Å². The average molecular weight is 536 g/mol. The van der Waals surface area contributed by atoms with Gasteiger partial charge in [0.15, 0.2) is 5.75 Å². The summed E-state index contributed by atoms with van der Waals surface area (Å²) in [5, 5.41) is 0. The van der Waals surface area contributed by atoms with Gasteiger partial charge in [-0.3, -0.25) is 4.57 Å². The molecule has 0 radical (unpaired) electrons. The van der Waals surface area contributed by atoms with E-state index in [-0.39, 0.29) is 34.8 Å². The first kappa shape index (κ1) is 26.3. The molecule has 0 saturated carbocycles. The molecule has 1 atom stereocenters. The summed E-state index contributed by atoms with van der Waals surface area (Å²) < 4.78 is 77.4. The lowest BCUT2D eigenvalue weighted by molar-refractivity contribution is -0.137. The maximum Gasteiger partial charge on any atom is 0.417 e. The van der Waals surface area contributed by atoms with Gasteiger partial charge >= 0.3 is 11.9 Å². The molecule has 0 aliphatic carbocycles. The van der Waals surface area contributed by atoms with Gasteiger partial charge in [0, 0.05) is 6.26 Å². The topological polar surface area (TPSA) is 103 Å². The Morgan fingerprint density at radius 2 is 1.84 bits per heavy atom. The molecule has 2 aromatic carbocycles. The highest BCUT2D eigenvalue weighted by molar-refractivity contribution is 7.90. The first-order chi connectivity index (χ1) is 17.4. The average Bonchev–Trinajstić information content (AvgIpc) is 3.16. The Balaban J connectivity index is 1.89. The van der Waals surface area contributed by atoms with Crippen molar-refractivity contribution in [2.24, 2.45) is 0 Å². The Labute approximate surface area is 210 Å². The molecule has 4 aromatic rings. The zero-order chi connectivity index (χ0) is 27.0. The summed E-state index contributed by atoms with van der Waals surface area (Å²) >= 11 is 0. The number of nitrogens with one attached hydrogen (secondary N) is 1. The lowest BCUT2D eigenvalue weighted by atomic mass is 9.99. The molecular weight excluding hydrogens is 511 g/mol. The van der Waals surface area contributed by atoms with E-state index in [1.54, 1.807) is 13.0 Å². The predicted octanol–water partition coefficient (Wildman–Crippen LogP) is 4.45. The predicted molar refractivity (Wildman–Crippen MR) is 133 cm³/mol. The number of aromatic nitrogens is 3. The third kappa shape index (κ3) is 5.48. The number of methoxy groups -OCH3 is 1. The smallest absolute Gasteiger partial charge is 0.417 e. The molecule has 1 N–H and O–H groups in total. The van der Waals surface area contributed by atoms with Crippen molar-refractivity contribution in [1.29, 1.82) is 0 Å². The number of H-pyrrole nitrogens is 1. The van der Waals surface area contributed by atoms with E-state index < -0.39 is 39.1 Å². The molecule has 0 amide bonds. The molecule has 0 saturated heterocycles. The van der Waals surface area contributed by atoms with Crippen LogP contribution in [0.25, 0.3) is 22.2 Å². The second-order valence-corrected chi connectivity index (χ2v) is 10.5. The van der Waals surface area contributed by atoms with Gasteiger partial charge in [-0.05, 0) is 48.4 Å². The van der Waals surface area contributed by atoms with Gasteiger partial charge in [-0.25, -0.2) is 18.2 Å². The van der Waals surface area contributed by atoms with Crippen LogP contribution in [0.2, 0.25) is 0 Å². The minimum absolute atomic E-state index is 0.0450. The molecule has 2 aromatic heterocycles. The zero-order valence-corrected chi connectivity index (χ0v) is 21.0. The van der Waals surface area contributed by atoms with Gasteiger partial charge in [0.2, 0.25) is 0 Å². The number of nitrogens with zero attached hydrogens (tertiary/aromatic N) is 2. The molecule has 0 spiro atoms. The Kier molecular flexibility index (Phi) is 7.05. The fourth-order valence-electron chi connectivity index (χ4n) is 4.19. The summed E-state index contributed by atoms with van der Waals surface area (Å²) in [6.45, 7) is 2.03. The van der Waals surface area contributed by atoms with Crippen molar-refractivity contribution in [3.8, 4) is 22.8 Å². The van der Waals surface area contributed by atoms with E-state index in [9.17, 15) is 26.4 Å². The van der Waals surface area contributed by atoms with E-state index in [1.807, 2.05) is 0 Å². The van der Waals surface area contributed by atoms with Gasteiger partial charge in [-0.1, -0.05) is 24.3 Å². The van der Waals surface area contributed by atoms with Crippen LogP contribution in [-0.4, -0.2) is 48.7 Å². The van der Waals surface area contributed by atoms with Crippen LogP contribution in [0.4, 0.5) is 13.2 Å². The van der Waals surface area contributed by atoms with Crippen molar-refractivity contribution < 1.29 is 31.1 Å². The normalized spacial score (nSPS) is 13.0. The van der Waals surface area contributed by atoms with Crippen molar-refractivity contribution in [3.63, 3.8) is 0 Å². The molecule has 196 valence electrons. The number of halogens is 3. The van der Waals surface area contributed by atoms with Crippen molar-refractivity contribution in [2.45, 2.75) is 19.1 Å². The number of fused-ring (bicyclic) bond motifs is 1. The number of ether oxygens (including phenoxy) is 2. The van der Waals surface area contributed by atoms with Crippen LogP contribution in [0.3, 0.4) is 0 Å². The van der Waals surface area contributed by atoms with Crippen molar-refractivity contribution >= 4 is 20.9 Å². The lowest BCUT2D eigenvalue weighted by Gasteiger charge is -2.19. The summed E-state index contributed by atoms with van der Waals surface area (Å²) in [5.74, 6) is 0.0199. The zero-order valence-electron chi connectivity index (χ0n) is 20.2. The van der Waals surface area contributed by atoms with Crippen molar-refractivity contribution in [3.05, 3.63) is 76.3 Å². The molecular formula is C25H24F3N3O5S. The SMILES string of the molecule is CCOc1nc([C@@H](CS(C)(=O)=O)n2c(=O)[nH]c3cc(-c4ccccc4C(F)(F)F)ccc32)ccc1OC. The van der Waals surface area contributed by atoms with E-state index in [1.165, 1.54) is 54.1 Å². The van der Waals surface area contributed by atoms with Crippen molar-refractivity contribution in [1.82, 2.24) is 14.5 Å². The molecule has 0 fully saturated rings. The largest absolute Gasteiger partial charge is 0.491 e. The van der Waals surface area contributed by atoms with Gasteiger partial charge in [-0.2, -0.15) is 13.2 Å². The van der Waals surface area contributed by atoms with E-state index in [4.69, 9.17) is 9.47 Å². The Bertz CT molecular complexity index is 1610. The van der Waals surface area contributed by atoms with Gasteiger partial charge in [0.1, 0.15) is 9.84 Å². The monoisotopic (exact) mass is 535 g/mol. The number of alkyl halides is 3. The molecule has 0 aliphatic heterocycles. The minimum Gasteiger partial charge on any atom is -0.491 e. The summed E-state index contributed by atoms with van der Waals surface area (Å²) in [4.78, 5) is 20.2. The second-order valence-electron chi connectivity index (χ2n) is 8.36. The Morgan fingerprint density at radius 3 is 2.49 bits per heavy atom. The van der Waals surface area contributed by atoms with Crippen LogP contribution in [-0.2, 0) is 16.0 Å². The summed E-state index contributed by atoms with van der Waals surface area (Å²) in [6.07, 6.45) is -3.52. The summed E-state index contributed by atoms with van der Waals surface area (Å²) in [7, 11) is -2.17. The number of hydrogen-bond acceptors (Lipinski definition) is 6. The van der Waals surface area contributed by atoms with Gasteiger partial charge < -0.3 is 14.5 Å². The molecule has 2 heterocycles. The first-order valence-electron chi connectivity index (χ1n) is 11.2. The number of hydrogen-bond donors (Lipinski definition) is 1. The van der Waals surface area contributed by atoms with E-state index >= 15 is 0 Å². The van der Waals surface area contributed by atoms with Crippen LogP contribution in [0.15, 0.2) is 59.4 Å². The highest BCUT2D eigenvalue weighted by Crippen LogP contribution is 2.38. The number of benzene rings is 2. The molecule has 12 heteroatoms. The number of imidazole rings is 1. The molecule has 0 unspecified atom stereocenters. The third-order valence-electron chi connectivity index (χ3n) is 5.72. The van der Waals surface area contributed by atoms with Crippen LogP contribution < -0.4 is 15.2 Å². The van der Waals surface area contributed by atoms with Gasteiger partial charge in [-0.15, -0.1) is 0 Å². The number of pyridine rings is 1. The van der Waals surface area contributed by atoms with Crippen LogP contribution >= 0.6 is 0 Å². The highest BCUT2D eigenvalue weighted by Gasteiger charge is 2.33. The number of rotatable bonds is 8. The first-order valence-corrected chi connectivity index (χ1v) is 13.2. The molecule has 4 rings (SSSR count). The Hall–Kier alpha value is -3.80. The minimum atomic E-state index is -4.57. The number of aromatic amines is 1. The van der Waals surface area contributed by atoms with E-state index in [0.717, 1.165) is 12.3 Å². The third-order valence-corrected chi connectivity index (χ3v) is 6.64. The standard InChI is InChI=1S/C25H24F3N3O5S/c1-4-36-23-22(35-2)12-10-18(29-23)21(14-37(3,33)34)31-20-11-9-15(13-19(20)30-24(31)32)16-7-5-6-8-17(16)25(26,27)28/h5-13,21H,4,14H2,1-3H3,(H,30,32)/t21-/m1/s1. The quantitative estimate of drug-likeness (QED) is 0.358. The molecule has 8 nitrogen and oxygen atoms in total. The second kappa shape index (κ2) is 9.92. The van der Waals surface area contributed by atoms with E-state index in [0.29, 0.717) is 11.3 Å². The maximum absolute atomic E-state index is 13.6. The maximum atomic E-state index is 13.6. The van der Waals surface area contributed by atoms with Crippen molar-refractivity contribution in [2.75, 3.05) is 25.7 Å². The van der Waals surface area contributed by atoms with Crippen LogP contribution in [0, 0.1) is 0 Å². The fraction of sp³-hybridized carbons (Fsp3) is 0.280. The highest BCUT2D eigenvalue weighted by atomic mass is 32.2. The lowest BCUT2D eigenvalue weighted by Crippen LogP contribution is -2.29. The summed E-state index contributed by atoms with van der Waals surface area (Å²) in [6, 6.07) is 11.6. The molecule has 0 bridgehead atoms. The van der Waals surface area contributed by atoms with Gasteiger partial charge in [0.05, 0.1) is 47.8 Å². The Morgan fingerprint density at radius 1 is 1.11 bits per heavy atom. The van der Waals surface area contributed by atoms with Crippen LogP contribution in [0.1, 0.15) is 24.2 Å². The molecule has 0 aliphatic rings. The van der Waals surface area contributed by atoms with Crippen LogP contribution in [0.5, 0.6) is 11.6 Å². The number of sulfone groups is 1. The summed E-state index contributed by atoms with van der Waals surface area (Å²) in [5.41, 5.74) is -0.452. The molecule has 37 heavy (non-hydrogen) atoms. The fourth-order valence-corrected chi connectivity index (χ4v) is 5.09. The van der Waals surface area contributed by atoms with E-state index in [2.05, 4.69) is 9.97 Å².